The van der Waals surface area contributed by atoms with Gasteiger partial charge >= 0.3 is 0 Å². The Hall–Kier alpha value is -3.90. The van der Waals surface area contributed by atoms with Gasteiger partial charge in [0.2, 0.25) is 0 Å². The van der Waals surface area contributed by atoms with Crippen LogP contribution in [0.4, 0.5) is 0 Å². The van der Waals surface area contributed by atoms with Crippen molar-refractivity contribution in [3.8, 4) is 22.3 Å². The van der Waals surface area contributed by atoms with Gasteiger partial charge in [0.05, 0.1) is 0 Å². The minimum Gasteiger partial charge on any atom is -0.0648 e. The summed E-state index contributed by atoms with van der Waals surface area (Å²) in [7, 11) is 0. The molecule has 0 radical (unpaired) electrons. The van der Waals surface area contributed by atoms with Gasteiger partial charge in [-0.05, 0) is 85.7 Å². The van der Waals surface area contributed by atoms with Gasteiger partial charge in [-0.15, -0.1) is 0 Å². The molecule has 0 saturated carbocycles. The van der Waals surface area contributed by atoms with Gasteiger partial charge in [-0.3, -0.25) is 0 Å². The standard InChI is InChI=1S/C36H30/c1-3-23(2)33-22-35-29(27-19-18-24-10-4-5-11-25(24)20-27)14-8-16-32(35)36(33)31-17-9-15-30-28-13-7-6-12-26(28)21-34(30)31/h4-20,22-23,36H,3,21H2,1-2H3. The molecular weight excluding hydrogens is 432 g/mol. The Labute approximate surface area is 214 Å². The molecule has 174 valence electrons. The van der Waals surface area contributed by atoms with Crippen LogP contribution in [0.3, 0.4) is 0 Å². The highest BCUT2D eigenvalue weighted by Crippen LogP contribution is 2.51. The van der Waals surface area contributed by atoms with Crippen LogP contribution in [0.5, 0.6) is 0 Å². The van der Waals surface area contributed by atoms with Gasteiger partial charge in [-0.1, -0.05) is 123 Å². The highest BCUT2D eigenvalue weighted by Gasteiger charge is 2.34. The Morgan fingerprint density at radius 2 is 1.42 bits per heavy atom. The summed E-state index contributed by atoms with van der Waals surface area (Å²) in [5.74, 6) is 0.853. The average molecular weight is 463 g/mol. The second kappa shape index (κ2) is 8.35. The number of hydrogen-bond donors (Lipinski definition) is 0. The van der Waals surface area contributed by atoms with Gasteiger partial charge in [0.15, 0.2) is 0 Å². The van der Waals surface area contributed by atoms with E-state index in [1.54, 1.807) is 5.57 Å². The van der Waals surface area contributed by atoms with Crippen molar-refractivity contribution < 1.29 is 0 Å². The molecule has 0 amide bonds. The molecule has 7 rings (SSSR count). The minimum absolute atomic E-state index is 0.319. The van der Waals surface area contributed by atoms with Crippen LogP contribution in [0.1, 0.15) is 54.0 Å². The van der Waals surface area contributed by atoms with Gasteiger partial charge < -0.3 is 0 Å². The summed E-state index contributed by atoms with van der Waals surface area (Å²) in [6, 6.07) is 38.4. The second-order valence-electron chi connectivity index (χ2n) is 10.5. The molecule has 0 N–H and O–H groups in total. The fourth-order valence-electron chi connectivity index (χ4n) is 6.50. The predicted molar refractivity (Wildman–Crippen MR) is 153 cm³/mol. The van der Waals surface area contributed by atoms with E-state index >= 15 is 0 Å². The zero-order valence-corrected chi connectivity index (χ0v) is 21.0. The van der Waals surface area contributed by atoms with E-state index in [4.69, 9.17) is 0 Å². The topological polar surface area (TPSA) is 0 Å². The van der Waals surface area contributed by atoms with E-state index in [9.17, 15) is 0 Å². The first-order chi connectivity index (χ1) is 17.7. The second-order valence-corrected chi connectivity index (χ2v) is 10.5. The molecule has 2 atom stereocenters. The molecule has 0 heterocycles. The summed E-state index contributed by atoms with van der Waals surface area (Å²) in [5.41, 5.74) is 14.4. The molecule has 0 fully saturated rings. The van der Waals surface area contributed by atoms with Crippen LogP contribution in [-0.4, -0.2) is 0 Å². The van der Waals surface area contributed by atoms with Crippen molar-refractivity contribution in [2.75, 3.05) is 0 Å². The van der Waals surface area contributed by atoms with E-state index in [2.05, 4.69) is 123 Å². The number of fused-ring (bicyclic) bond motifs is 5. The van der Waals surface area contributed by atoms with Gasteiger partial charge in [-0.25, -0.2) is 0 Å². The first-order valence-electron chi connectivity index (χ1n) is 13.3. The highest BCUT2D eigenvalue weighted by molar-refractivity contribution is 5.91. The molecule has 5 aromatic rings. The maximum absolute atomic E-state index is 2.53. The molecule has 36 heavy (non-hydrogen) atoms. The molecule has 0 spiro atoms. The van der Waals surface area contributed by atoms with Gasteiger partial charge in [0.1, 0.15) is 0 Å². The zero-order chi connectivity index (χ0) is 24.2. The monoisotopic (exact) mass is 462 g/mol. The first-order valence-corrected chi connectivity index (χ1v) is 13.3. The van der Waals surface area contributed by atoms with Crippen molar-refractivity contribution >= 4 is 16.8 Å². The summed E-state index contributed by atoms with van der Waals surface area (Å²) in [4.78, 5) is 0. The molecule has 2 unspecified atom stereocenters. The summed E-state index contributed by atoms with van der Waals surface area (Å²) >= 11 is 0. The highest BCUT2D eigenvalue weighted by atomic mass is 14.4. The van der Waals surface area contributed by atoms with Crippen LogP contribution in [0.15, 0.2) is 109 Å². The van der Waals surface area contributed by atoms with Gasteiger partial charge in [0, 0.05) is 5.92 Å². The van der Waals surface area contributed by atoms with Crippen LogP contribution in [0, 0.1) is 5.92 Å². The Morgan fingerprint density at radius 1 is 0.694 bits per heavy atom. The number of benzene rings is 5. The van der Waals surface area contributed by atoms with Crippen molar-refractivity contribution in [1.29, 1.82) is 0 Å². The summed E-state index contributed by atoms with van der Waals surface area (Å²) in [6.45, 7) is 4.72. The summed E-state index contributed by atoms with van der Waals surface area (Å²) in [5, 5.41) is 2.59. The minimum atomic E-state index is 0.319. The van der Waals surface area contributed by atoms with E-state index in [1.807, 2.05) is 0 Å². The van der Waals surface area contributed by atoms with Crippen molar-refractivity contribution in [2.24, 2.45) is 5.92 Å². The molecule has 0 saturated heterocycles. The zero-order valence-electron chi connectivity index (χ0n) is 21.0. The Balaban J connectivity index is 1.42. The fraction of sp³-hybridized carbons (Fsp3) is 0.167. The van der Waals surface area contributed by atoms with Crippen LogP contribution in [0.2, 0.25) is 0 Å². The third kappa shape index (κ3) is 3.21. The molecule has 0 heteroatoms. The third-order valence-corrected chi connectivity index (χ3v) is 8.54. The lowest BCUT2D eigenvalue weighted by molar-refractivity contribution is 0.625. The average Bonchev–Trinajstić information content (AvgIpc) is 3.51. The lowest BCUT2D eigenvalue weighted by atomic mass is 9.79. The van der Waals surface area contributed by atoms with Crippen LogP contribution in [-0.2, 0) is 6.42 Å². The van der Waals surface area contributed by atoms with Gasteiger partial charge in [0.25, 0.3) is 0 Å². The molecule has 0 bridgehead atoms. The molecular formula is C36H30. The predicted octanol–water partition coefficient (Wildman–Crippen LogP) is 9.65. The third-order valence-electron chi connectivity index (χ3n) is 8.54. The first kappa shape index (κ1) is 21.4. The lowest BCUT2D eigenvalue weighted by Gasteiger charge is -2.24. The maximum atomic E-state index is 2.53. The number of allylic oxidation sites excluding steroid dienone is 1. The molecule has 0 aliphatic heterocycles. The van der Waals surface area contributed by atoms with Crippen LogP contribution >= 0.6 is 0 Å². The molecule has 5 aromatic carbocycles. The van der Waals surface area contributed by atoms with E-state index < -0.39 is 0 Å². The van der Waals surface area contributed by atoms with Crippen molar-refractivity contribution in [2.45, 2.75) is 32.6 Å². The molecule has 0 aromatic heterocycles. The van der Waals surface area contributed by atoms with E-state index in [1.165, 1.54) is 60.8 Å². The quantitative estimate of drug-likeness (QED) is 0.245. The van der Waals surface area contributed by atoms with Crippen molar-refractivity contribution in [3.63, 3.8) is 0 Å². The Kier molecular flexibility index (Phi) is 4.96. The molecule has 2 aliphatic carbocycles. The smallest absolute Gasteiger partial charge is 0.0314 e. The maximum Gasteiger partial charge on any atom is 0.0314 e. The molecule has 2 aliphatic rings. The molecule has 0 nitrogen and oxygen atoms in total. The van der Waals surface area contributed by atoms with E-state index in [0.29, 0.717) is 11.8 Å². The normalized spacial score (nSPS) is 16.4. The van der Waals surface area contributed by atoms with Crippen molar-refractivity contribution in [1.82, 2.24) is 0 Å². The lowest BCUT2D eigenvalue weighted by Crippen LogP contribution is -2.10. The van der Waals surface area contributed by atoms with Crippen LogP contribution < -0.4 is 0 Å². The number of rotatable bonds is 4. The largest absolute Gasteiger partial charge is 0.0648 e. The van der Waals surface area contributed by atoms with E-state index in [0.717, 1.165) is 12.8 Å². The van der Waals surface area contributed by atoms with Crippen molar-refractivity contribution in [3.05, 3.63) is 137 Å². The Bertz CT molecular complexity index is 1670. The fourth-order valence-corrected chi connectivity index (χ4v) is 6.50. The Morgan fingerprint density at radius 3 is 2.28 bits per heavy atom. The van der Waals surface area contributed by atoms with Gasteiger partial charge in [-0.2, -0.15) is 0 Å². The van der Waals surface area contributed by atoms with E-state index in [-0.39, 0.29) is 0 Å². The summed E-state index contributed by atoms with van der Waals surface area (Å²) < 4.78 is 0. The number of hydrogen-bond acceptors (Lipinski definition) is 0. The summed E-state index contributed by atoms with van der Waals surface area (Å²) in [6.07, 6.45) is 4.71. The van der Waals surface area contributed by atoms with Crippen LogP contribution in [0.25, 0.3) is 39.1 Å². The SMILES string of the molecule is CCC(C)C1=Cc2c(-c3ccc4ccccc4c3)cccc2C1c1cccc2c1Cc1ccccc1-2.